The van der Waals surface area contributed by atoms with Gasteiger partial charge in [-0.2, -0.15) is 0 Å². The molecule has 0 saturated carbocycles. The Balaban J connectivity index is 1.32. The van der Waals surface area contributed by atoms with Crippen molar-refractivity contribution in [2.45, 2.75) is 31.8 Å². The first-order chi connectivity index (χ1) is 12.8. The first kappa shape index (κ1) is 16.8. The van der Waals surface area contributed by atoms with Crippen LogP contribution in [0.15, 0.2) is 36.8 Å². The maximum absolute atomic E-state index is 12.4. The van der Waals surface area contributed by atoms with Crippen LogP contribution in [0, 0.1) is 0 Å². The Hall–Kier alpha value is -2.70. The van der Waals surface area contributed by atoms with Crippen molar-refractivity contribution in [2.75, 3.05) is 31.1 Å². The Bertz CT molecular complexity index is 723. The number of nitrogens with zero attached hydrogens (tertiary/aromatic N) is 5. The highest BCUT2D eigenvalue weighted by atomic mass is 16.5. The van der Waals surface area contributed by atoms with E-state index in [1.54, 1.807) is 24.7 Å². The molecule has 26 heavy (non-hydrogen) atoms. The van der Waals surface area contributed by atoms with Crippen molar-refractivity contribution in [2.24, 2.45) is 0 Å². The molecule has 2 aromatic heterocycles. The van der Waals surface area contributed by atoms with E-state index in [-0.39, 0.29) is 12.0 Å². The van der Waals surface area contributed by atoms with E-state index in [1.165, 1.54) is 0 Å². The topological polar surface area (TPSA) is 71.5 Å². The Kier molecular flexibility index (Phi) is 4.95. The number of hydrogen-bond acceptors (Lipinski definition) is 6. The number of pyridine rings is 1. The summed E-state index contributed by atoms with van der Waals surface area (Å²) in [5, 5.41) is 0. The van der Waals surface area contributed by atoms with Crippen LogP contribution in [0.2, 0.25) is 0 Å². The van der Waals surface area contributed by atoms with Gasteiger partial charge >= 0.3 is 6.01 Å². The molecule has 0 aromatic carbocycles. The van der Waals surface area contributed by atoms with Crippen LogP contribution < -0.4 is 9.64 Å². The number of hydrogen-bond donors (Lipinski definition) is 0. The number of piperidine rings is 1. The highest BCUT2D eigenvalue weighted by Crippen LogP contribution is 2.21. The fourth-order valence-electron chi connectivity index (χ4n) is 3.50. The van der Waals surface area contributed by atoms with Crippen LogP contribution in [-0.2, 0) is 0 Å². The van der Waals surface area contributed by atoms with Crippen LogP contribution >= 0.6 is 0 Å². The molecule has 2 fully saturated rings. The van der Waals surface area contributed by atoms with Crippen molar-refractivity contribution in [3.8, 4) is 6.01 Å². The van der Waals surface area contributed by atoms with Gasteiger partial charge in [-0.3, -0.25) is 4.79 Å². The van der Waals surface area contributed by atoms with Gasteiger partial charge in [0.15, 0.2) is 0 Å². The Morgan fingerprint density at radius 3 is 2.38 bits per heavy atom. The molecule has 0 bridgehead atoms. The molecule has 0 atom stereocenters. The van der Waals surface area contributed by atoms with Crippen LogP contribution in [0.5, 0.6) is 6.01 Å². The molecule has 0 spiro atoms. The summed E-state index contributed by atoms with van der Waals surface area (Å²) in [4.78, 5) is 29.3. The minimum absolute atomic E-state index is 0.0940. The summed E-state index contributed by atoms with van der Waals surface area (Å²) in [5.41, 5.74) is 0.676. The minimum Gasteiger partial charge on any atom is -0.460 e. The zero-order chi connectivity index (χ0) is 17.8. The van der Waals surface area contributed by atoms with Gasteiger partial charge in [0.25, 0.3) is 5.91 Å². The summed E-state index contributed by atoms with van der Waals surface area (Å²) in [6.07, 6.45) is 9.20. The first-order valence-corrected chi connectivity index (χ1v) is 9.23. The number of anilines is 1. The van der Waals surface area contributed by atoms with Crippen molar-refractivity contribution in [3.05, 3.63) is 42.4 Å². The number of likely N-dealkylation sites (tertiary alicyclic amines) is 1. The number of rotatable bonds is 4. The average Bonchev–Trinajstić information content (AvgIpc) is 3.24. The standard InChI is InChI=1S/C19H23N5O2/c25-18(24-10-1-2-11-24)15-4-5-17(22-14-15)23-12-6-16(7-13-23)26-19-20-8-3-9-21-19/h3-5,8-9,14,16H,1-2,6-7,10-13H2. The van der Waals surface area contributed by atoms with E-state index >= 15 is 0 Å². The van der Waals surface area contributed by atoms with Crippen molar-refractivity contribution in [1.82, 2.24) is 19.9 Å². The third-order valence-electron chi connectivity index (χ3n) is 4.97. The number of aromatic nitrogens is 3. The molecule has 1 amide bonds. The molecular formula is C19H23N5O2. The monoisotopic (exact) mass is 353 g/mol. The van der Waals surface area contributed by atoms with Crippen LogP contribution in [0.3, 0.4) is 0 Å². The van der Waals surface area contributed by atoms with Gasteiger partial charge in [0.2, 0.25) is 0 Å². The van der Waals surface area contributed by atoms with E-state index in [9.17, 15) is 4.79 Å². The average molecular weight is 353 g/mol. The molecule has 0 unspecified atom stereocenters. The fourth-order valence-corrected chi connectivity index (χ4v) is 3.50. The SMILES string of the molecule is O=C(c1ccc(N2CCC(Oc3ncccn3)CC2)nc1)N1CCCC1. The molecule has 0 aliphatic carbocycles. The molecule has 0 N–H and O–H groups in total. The molecule has 2 saturated heterocycles. The third-order valence-corrected chi connectivity index (χ3v) is 4.97. The Morgan fingerprint density at radius 1 is 1.00 bits per heavy atom. The van der Waals surface area contributed by atoms with Crippen molar-refractivity contribution in [1.29, 1.82) is 0 Å². The van der Waals surface area contributed by atoms with Crippen molar-refractivity contribution >= 4 is 11.7 Å². The van der Waals surface area contributed by atoms with E-state index in [0.717, 1.165) is 57.7 Å². The summed E-state index contributed by atoms with van der Waals surface area (Å²) in [6.45, 7) is 3.45. The fraction of sp³-hybridized carbons (Fsp3) is 0.474. The highest BCUT2D eigenvalue weighted by Gasteiger charge is 2.23. The molecule has 7 nitrogen and oxygen atoms in total. The molecule has 2 aliphatic heterocycles. The second-order valence-electron chi connectivity index (χ2n) is 6.74. The van der Waals surface area contributed by atoms with Gasteiger partial charge in [-0.25, -0.2) is 15.0 Å². The van der Waals surface area contributed by atoms with Crippen LogP contribution in [0.4, 0.5) is 5.82 Å². The van der Waals surface area contributed by atoms with Crippen LogP contribution in [0.25, 0.3) is 0 Å². The summed E-state index contributed by atoms with van der Waals surface area (Å²) < 4.78 is 5.83. The zero-order valence-electron chi connectivity index (χ0n) is 14.8. The molecule has 2 aromatic rings. The van der Waals surface area contributed by atoms with Gasteiger partial charge in [0.1, 0.15) is 11.9 Å². The molecule has 0 radical (unpaired) electrons. The van der Waals surface area contributed by atoms with E-state index in [4.69, 9.17) is 4.74 Å². The summed E-state index contributed by atoms with van der Waals surface area (Å²) in [6, 6.07) is 6.06. The van der Waals surface area contributed by atoms with E-state index in [2.05, 4.69) is 19.9 Å². The second-order valence-corrected chi connectivity index (χ2v) is 6.74. The number of amides is 1. The van der Waals surface area contributed by atoms with E-state index in [1.807, 2.05) is 17.0 Å². The van der Waals surface area contributed by atoms with E-state index in [0.29, 0.717) is 11.6 Å². The minimum atomic E-state index is 0.0940. The lowest BCUT2D eigenvalue weighted by molar-refractivity contribution is 0.0792. The first-order valence-electron chi connectivity index (χ1n) is 9.23. The number of ether oxygens (including phenoxy) is 1. The van der Waals surface area contributed by atoms with Gasteiger partial charge in [-0.1, -0.05) is 0 Å². The quantitative estimate of drug-likeness (QED) is 0.839. The molecule has 4 rings (SSSR count). The molecule has 4 heterocycles. The summed E-state index contributed by atoms with van der Waals surface area (Å²) in [5.74, 6) is 1.01. The lowest BCUT2D eigenvalue weighted by Crippen LogP contribution is -2.39. The Morgan fingerprint density at radius 2 is 1.73 bits per heavy atom. The maximum atomic E-state index is 12.4. The lowest BCUT2D eigenvalue weighted by atomic mass is 10.1. The highest BCUT2D eigenvalue weighted by molar-refractivity contribution is 5.94. The predicted octanol–water partition coefficient (Wildman–Crippen LogP) is 2.16. The van der Waals surface area contributed by atoms with Gasteiger partial charge in [0, 0.05) is 57.6 Å². The zero-order valence-corrected chi connectivity index (χ0v) is 14.8. The lowest BCUT2D eigenvalue weighted by Gasteiger charge is -2.32. The van der Waals surface area contributed by atoms with E-state index < -0.39 is 0 Å². The van der Waals surface area contributed by atoms with Crippen LogP contribution in [-0.4, -0.2) is 58.0 Å². The molecule has 7 heteroatoms. The van der Waals surface area contributed by atoms with Gasteiger partial charge in [0.05, 0.1) is 5.56 Å². The van der Waals surface area contributed by atoms with Gasteiger partial charge in [-0.15, -0.1) is 0 Å². The number of carbonyl (C=O) groups excluding carboxylic acids is 1. The number of carbonyl (C=O) groups is 1. The molecule has 2 aliphatic rings. The second kappa shape index (κ2) is 7.68. The summed E-state index contributed by atoms with van der Waals surface area (Å²) in [7, 11) is 0. The normalized spacial score (nSPS) is 18.2. The summed E-state index contributed by atoms with van der Waals surface area (Å²) >= 11 is 0. The maximum Gasteiger partial charge on any atom is 0.316 e. The van der Waals surface area contributed by atoms with Gasteiger partial charge < -0.3 is 14.5 Å². The van der Waals surface area contributed by atoms with Crippen LogP contribution in [0.1, 0.15) is 36.0 Å². The predicted molar refractivity (Wildman–Crippen MR) is 97.3 cm³/mol. The smallest absolute Gasteiger partial charge is 0.316 e. The van der Waals surface area contributed by atoms with Crippen molar-refractivity contribution in [3.63, 3.8) is 0 Å². The third kappa shape index (κ3) is 3.76. The largest absolute Gasteiger partial charge is 0.460 e. The molecular weight excluding hydrogens is 330 g/mol. The van der Waals surface area contributed by atoms with Gasteiger partial charge in [-0.05, 0) is 31.0 Å². The van der Waals surface area contributed by atoms with Crippen molar-refractivity contribution < 1.29 is 9.53 Å². The molecule has 136 valence electrons. The Labute approximate surface area is 153 Å².